The maximum Gasteiger partial charge on any atom is 0.0721 e. The van der Waals surface area contributed by atoms with Crippen LogP contribution in [0.4, 0.5) is 0 Å². The van der Waals surface area contributed by atoms with Crippen molar-refractivity contribution in [3.05, 3.63) is 41.0 Å². The molecule has 2 nitrogen and oxygen atoms in total. The minimum Gasteiger partial charge on any atom is -0.545 e. The van der Waals surface area contributed by atoms with Crippen LogP contribution >= 0.6 is 0 Å². The summed E-state index contributed by atoms with van der Waals surface area (Å²) >= 11 is 0. The molecule has 0 aliphatic heterocycles. The predicted molar refractivity (Wildman–Crippen MR) is 43.5 cm³/mol. The molecule has 0 heterocycles. The van der Waals surface area contributed by atoms with E-state index in [4.69, 9.17) is 0 Å². The molecule has 0 N–H and O–H groups in total. The van der Waals surface area contributed by atoms with Crippen molar-refractivity contribution in [2.75, 3.05) is 0 Å². The van der Waals surface area contributed by atoms with E-state index in [0.29, 0.717) is 5.56 Å². The molecule has 1 aromatic carbocycles. The van der Waals surface area contributed by atoms with Crippen LogP contribution < -0.4 is 5.11 Å². The van der Waals surface area contributed by atoms with Gasteiger partial charge in [0.15, 0.2) is 0 Å². The predicted octanol–water partition coefficient (Wildman–Crippen LogP) is 0.619. The molecule has 0 unspecified atom stereocenters. The summed E-state index contributed by atoms with van der Waals surface area (Å²) in [5.74, 6) is -1.10. The second-order valence-electron chi connectivity index (χ2n) is 2.77. The zero-order valence-corrected chi connectivity index (χ0v) is 6.41. The number of carboxylic acids is 1. The van der Waals surface area contributed by atoms with Gasteiger partial charge in [-0.3, -0.25) is 0 Å². The lowest BCUT2D eigenvalue weighted by atomic mass is 10.0. The Morgan fingerprint density at radius 3 is 3.00 bits per heavy atom. The number of rotatable bonds is 1. The first-order valence-electron chi connectivity index (χ1n) is 3.79. The smallest absolute Gasteiger partial charge is 0.0721 e. The molecule has 0 radical (unpaired) electrons. The van der Waals surface area contributed by atoms with Gasteiger partial charge in [-0.15, -0.1) is 0 Å². The number of allylic oxidation sites excluding steroid dienone is 1. The Bertz CT molecular complexity index is 364. The molecular formula is C10H7O2-. The van der Waals surface area contributed by atoms with Crippen LogP contribution in [0.5, 0.6) is 0 Å². The van der Waals surface area contributed by atoms with Crippen molar-refractivity contribution < 1.29 is 9.90 Å². The van der Waals surface area contributed by atoms with E-state index in [0.717, 1.165) is 17.5 Å². The van der Waals surface area contributed by atoms with Gasteiger partial charge in [-0.2, -0.15) is 0 Å². The van der Waals surface area contributed by atoms with E-state index in [-0.39, 0.29) is 0 Å². The van der Waals surface area contributed by atoms with E-state index in [2.05, 4.69) is 0 Å². The fourth-order valence-corrected chi connectivity index (χ4v) is 1.47. The number of carbonyl (C=O) groups excluding carboxylic acids is 1. The Hall–Kier alpha value is -1.57. The Morgan fingerprint density at radius 1 is 1.42 bits per heavy atom. The number of carbonyl (C=O) groups is 1. The normalized spacial score (nSPS) is 13.0. The zero-order valence-electron chi connectivity index (χ0n) is 6.41. The summed E-state index contributed by atoms with van der Waals surface area (Å²) in [6.07, 6.45) is 4.62. The van der Waals surface area contributed by atoms with Crippen LogP contribution in [-0.4, -0.2) is 5.97 Å². The second-order valence-corrected chi connectivity index (χ2v) is 2.77. The lowest BCUT2D eigenvalue weighted by molar-refractivity contribution is -0.255. The molecule has 2 heteroatoms. The standard InChI is InChI=1S/C10H8O2/c11-10(12)9-6-2-4-7-3-1-5-8(7)9/h1-2,4-6H,3H2,(H,11,12)/p-1. The number of hydrogen-bond acceptors (Lipinski definition) is 2. The molecule has 1 aliphatic carbocycles. The summed E-state index contributed by atoms with van der Waals surface area (Å²) in [6, 6.07) is 5.25. The Morgan fingerprint density at radius 2 is 2.25 bits per heavy atom. The molecule has 0 amide bonds. The molecular weight excluding hydrogens is 152 g/mol. The molecule has 1 aromatic rings. The summed E-state index contributed by atoms with van der Waals surface area (Å²) in [6.45, 7) is 0. The van der Waals surface area contributed by atoms with Crippen molar-refractivity contribution in [1.29, 1.82) is 0 Å². The largest absolute Gasteiger partial charge is 0.545 e. The van der Waals surface area contributed by atoms with E-state index in [9.17, 15) is 9.90 Å². The summed E-state index contributed by atoms with van der Waals surface area (Å²) in [7, 11) is 0. The average molecular weight is 159 g/mol. The van der Waals surface area contributed by atoms with E-state index in [1.54, 1.807) is 12.1 Å². The minimum atomic E-state index is -1.10. The van der Waals surface area contributed by atoms with Gasteiger partial charge in [0.25, 0.3) is 0 Å². The van der Waals surface area contributed by atoms with Crippen LogP contribution in [0.15, 0.2) is 24.3 Å². The van der Waals surface area contributed by atoms with Gasteiger partial charge < -0.3 is 9.90 Å². The van der Waals surface area contributed by atoms with Crippen LogP contribution in [-0.2, 0) is 6.42 Å². The van der Waals surface area contributed by atoms with Crippen LogP contribution in [0.2, 0.25) is 0 Å². The zero-order chi connectivity index (χ0) is 8.55. The first-order valence-corrected chi connectivity index (χ1v) is 3.79. The molecule has 60 valence electrons. The van der Waals surface area contributed by atoms with Crippen molar-refractivity contribution in [1.82, 2.24) is 0 Å². The molecule has 0 aromatic heterocycles. The molecule has 2 rings (SSSR count). The SMILES string of the molecule is O=C([O-])c1cccc2c1C=CC2. The third-order valence-corrected chi connectivity index (χ3v) is 2.04. The first-order chi connectivity index (χ1) is 5.79. The Balaban J connectivity index is 2.63. The summed E-state index contributed by atoms with van der Waals surface area (Å²) in [4.78, 5) is 10.6. The topological polar surface area (TPSA) is 40.1 Å². The second kappa shape index (κ2) is 2.48. The van der Waals surface area contributed by atoms with Crippen LogP contribution in [0, 0.1) is 0 Å². The fourth-order valence-electron chi connectivity index (χ4n) is 1.47. The van der Waals surface area contributed by atoms with Crippen molar-refractivity contribution in [2.45, 2.75) is 6.42 Å². The van der Waals surface area contributed by atoms with E-state index < -0.39 is 5.97 Å². The quantitative estimate of drug-likeness (QED) is 0.602. The molecule has 0 spiro atoms. The van der Waals surface area contributed by atoms with E-state index in [1.807, 2.05) is 18.2 Å². The summed E-state index contributed by atoms with van der Waals surface area (Å²) in [5.41, 5.74) is 2.16. The molecule has 0 saturated carbocycles. The van der Waals surface area contributed by atoms with Gasteiger partial charge in [0.05, 0.1) is 5.97 Å². The van der Waals surface area contributed by atoms with Gasteiger partial charge in [-0.05, 0) is 17.5 Å². The lowest BCUT2D eigenvalue weighted by Crippen LogP contribution is -2.23. The van der Waals surface area contributed by atoms with Crippen molar-refractivity contribution >= 4 is 12.0 Å². The highest BCUT2D eigenvalue weighted by atomic mass is 16.4. The van der Waals surface area contributed by atoms with E-state index in [1.165, 1.54) is 0 Å². The van der Waals surface area contributed by atoms with Crippen molar-refractivity contribution in [3.8, 4) is 0 Å². The molecule has 0 bridgehead atoms. The highest BCUT2D eigenvalue weighted by Crippen LogP contribution is 2.22. The molecule has 0 atom stereocenters. The van der Waals surface area contributed by atoms with Crippen molar-refractivity contribution in [2.24, 2.45) is 0 Å². The molecule has 1 aliphatic rings. The Labute approximate surface area is 70.2 Å². The number of carboxylic acid groups (broad SMARTS) is 1. The Kier molecular flexibility index (Phi) is 1.47. The molecule has 12 heavy (non-hydrogen) atoms. The average Bonchev–Trinajstić information content (AvgIpc) is 2.49. The van der Waals surface area contributed by atoms with Gasteiger partial charge >= 0.3 is 0 Å². The van der Waals surface area contributed by atoms with Gasteiger partial charge in [-0.25, -0.2) is 0 Å². The third-order valence-electron chi connectivity index (χ3n) is 2.04. The molecule has 0 saturated heterocycles. The highest BCUT2D eigenvalue weighted by Gasteiger charge is 2.08. The van der Waals surface area contributed by atoms with Gasteiger partial charge in [0, 0.05) is 5.56 Å². The maximum absolute atomic E-state index is 10.6. The number of aromatic carboxylic acids is 1. The summed E-state index contributed by atoms with van der Waals surface area (Å²) in [5, 5.41) is 10.6. The maximum atomic E-state index is 10.6. The lowest BCUT2D eigenvalue weighted by Gasteiger charge is -2.07. The van der Waals surface area contributed by atoms with Gasteiger partial charge in [-0.1, -0.05) is 30.4 Å². The van der Waals surface area contributed by atoms with E-state index >= 15 is 0 Å². The summed E-state index contributed by atoms with van der Waals surface area (Å²) < 4.78 is 0. The van der Waals surface area contributed by atoms with Gasteiger partial charge in [0.2, 0.25) is 0 Å². The van der Waals surface area contributed by atoms with Crippen LogP contribution in [0.3, 0.4) is 0 Å². The fraction of sp³-hybridized carbons (Fsp3) is 0.100. The number of hydrogen-bond donors (Lipinski definition) is 0. The van der Waals surface area contributed by atoms with Crippen molar-refractivity contribution in [3.63, 3.8) is 0 Å². The number of benzene rings is 1. The van der Waals surface area contributed by atoms with Crippen LogP contribution in [0.1, 0.15) is 21.5 Å². The minimum absolute atomic E-state index is 0.293. The molecule has 0 fully saturated rings. The first kappa shape index (κ1) is 7.10. The highest BCUT2D eigenvalue weighted by molar-refractivity contribution is 5.92. The van der Waals surface area contributed by atoms with Gasteiger partial charge in [0.1, 0.15) is 0 Å². The third kappa shape index (κ3) is 0.925. The monoisotopic (exact) mass is 159 g/mol. The van der Waals surface area contributed by atoms with Crippen LogP contribution in [0.25, 0.3) is 6.08 Å². The number of fused-ring (bicyclic) bond motifs is 1.